The number of carbonyl (C=O) groups excluding carboxylic acids is 2. The molecule has 0 unspecified atom stereocenters. The molecule has 2 saturated heterocycles. The van der Waals surface area contributed by atoms with Crippen LogP contribution in [-0.4, -0.2) is 87.5 Å². The lowest BCUT2D eigenvalue weighted by Gasteiger charge is -2.35. The number of aryl methyl sites for hydroxylation is 1. The number of carboxylic acids is 1. The van der Waals surface area contributed by atoms with Gasteiger partial charge in [0.25, 0.3) is 0 Å². The minimum atomic E-state index is -1.01. The Labute approximate surface area is 199 Å². The van der Waals surface area contributed by atoms with Crippen LogP contribution in [0.1, 0.15) is 32.3 Å². The number of carbonyl (C=O) groups is 3. The zero-order valence-corrected chi connectivity index (χ0v) is 20.1. The molecule has 10 heteroatoms. The van der Waals surface area contributed by atoms with E-state index in [0.29, 0.717) is 25.8 Å². The summed E-state index contributed by atoms with van der Waals surface area (Å²) in [5.74, 6) is 0.0218. The van der Waals surface area contributed by atoms with Crippen molar-refractivity contribution in [2.24, 2.45) is 0 Å². The second-order valence-electron chi connectivity index (χ2n) is 8.05. The van der Waals surface area contributed by atoms with Gasteiger partial charge in [-0.1, -0.05) is 30.3 Å². The number of benzene rings is 1. The second kappa shape index (κ2) is 11.0. The highest BCUT2D eigenvalue weighted by molar-refractivity contribution is 8.21. The summed E-state index contributed by atoms with van der Waals surface area (Å²) in [4.78, 5) is 40.6. The van der Waals surface area contributed by atoms with Gasteiger partial charge in [0.2, 0.25) is 5.91 Å². The van der Waals surface area contributed by atoms with E-state index in [1.165, 1.54) is 9.71 Å². The van der Waals surface area contributed by atoms with Gasteiger partial charge in [-0.3, -0.25) is 9.59 Å². The summed E-state index contributed by atoms with van der Waals surface area (Å²) in [7, 11) is 6.32. The third kappa shape index (κ3) is 5.64. The smallest absolute Gasteiger partial charge is 0.326 e. The molecule has 2 radical (unpaired) electrons. The first-order chi connectivity index (χ1) is 15.3. The van der Waals surface area contributed by atoms with E-state index in [1.54, 1.807) is 37.4 Å². The van der Waals surface area contributed by atoms with Gasteiger partial charge in [-0.2, -0.15) is 0 Å². The number of nitrogens with zero attached hydrogens (tertiary/aromatic N) is 2. The van der Waals surface area contributed by atoms with Crippen LogP contribution in [0.2, 0.25) is 0 Å². The topological polar surface area (TPSA) is 87.2 Å². The summed E-state index contributed by atoms with van der Waals surface area (Å²) in [6.45, 7) is 3.92. The Morgan fingerprint density at radius 1 is 1.28 bits per heavy atom. The number of esters is 1. The molecule has 0 aliphatic carbocycles. The van der Waals surface area contributed by atoms with Crippen molar-refractivity contribution in [1.29, 1.82) is 0 Å². The molecule has 7 nitrogen and oxygen atoms in total. The van der Waals surface area contributed by atoms with E-state index in [0.717, 1.165) is 17.1 Å². The number of amides is 1. The summed E-state index contributed by atoms with van der Waals surface area (Å²) in [6.07, 6.45) is 1.39. The SMILES string of the molecule is [B]N([C@@H](C)C(=O)N1CC2(C[C@H]1C(=O)O)SCCS2)[C@@H](CCc1ccccc1)C(=O)OCC. The molecule has 2 heterocycles. The van der Waals surface area contributed by atoms with Crippen LogP contribution in [0.3, 0.4) is 0 Å². The van der Waals surface area contributed by atoms with Crippen LogP contribution in [-0.2, 0) is 25.5 Å². The normalized spacial score (nSPS) is 21.6. The number of hydrogen-bond acceptors (Lipinski definition) is 7. The van der Waals surface area contributed by atoms with Crippen LogP contribution in [0, 0.1) is 0 Å². The Balaban J connectivity index is 1.74. The summed E-state index contributed by atoms with van der Waals surface area (Å²) >= 11 is 3.45. The minimum Gasteiger partial charge on any atom is -0.480 e. The fraction of sp³-hybridized carbons (Fsp3) is 0.591. The van der Waals surface area contributed by atoms with Crippen molar-refractivity contribution < 1.29 is 24.2 Å². The summed E-state index contributed by atoms with van der Waals surface area (Å²) in [5, 5.41) is 9.74. The highest BCUT2D eigenvalue weighted by atomic mass is 32.2. The first-order valence-electron chi connectivity index (χ1n) is 10.8. The fourth-order valence-corrected chi connectivity index (χ4v) is 7.47. The van der Waals surface area contributed by atoms with Gasteiger partial charge in [-0.15, -0.1) is 23.5 Å². The number of thioether (sulfide) groups is 2. The lowest BCUT2D eigenvalue weighted by Crippen LogP contribution is -2.54. The average Bonchev–Trinajstić information content (AvgIpc) is 3.40. The van der Waals surface area contributed by atoms with Crippen LogP contribution in [0.4, 0.5) is 0 Å². The van der Waals surface area contributed by atoms with Gasteiger partial charge in [0.05, 0.1) is 22.8 Å². The largest absolute Gasteiger partial charge is 0.480 e. The molecular weight excluding hydrogens is 447 g/mol. The monoisotopic (exact) mass is 476 g/mol. The molecular formula is C22H29BN2O5S2. The molecule has 0 saturated carbocycles. The molecule has 1 spiro atoms. The zero-order chi connectivity index (χ0) is 23.3. The van der Waals surface area contributed by atoms with Crippen molar-refractivity contribution in [1.82, 2.24) is 9.71 Å². The molecule has 32 heavy (non-hydrogen) atoms. The van der Waals surface area contributed by atoms with Crippen LogP contribution < -0.4 is 0 Å². The van der Waals surface area contributed by atoms with Crippen molar-refractivity contribution in [2.45, 2.75) is 55.3 Å². The van der Waals surface area contributed by atoms with Crippen LogP contribution in [0.5, 0.6) is 0 Å². The molecule has 1 aromatic rings. The maximum Gasteiger partial charge on any atom is 0.326 e. The Kier molecular flexibility index (Phi) is 8.58. The molecule has 0 aromatic heterocycles. The molecule has 2 fully saturated rings. The molecule has 2 aliphatic rings. The molecule has 1 aromatic carbocycles. The fourth-order valence-electron chi connectivity index (χ4n) is 4.21. The summed E-state index contributed by atoms with van der Waals surface area (Å²) in [5.41, 5.74) is 1.05. The number of aliphatic carboxylic acids is 1. The molecule has 1 N–H and O–H groups in total. The first kappa shape index (κ1) is 25.0. The van der Waals surface area contributed by atoms with E-state index in [4.69, 9.17) is 12.7 Å². The van der Waals surface area contributed by atoms with E-state index in [9.17, 15) is 19.5 Å². The third-order valence-electron chi connectivity index (χ3n) is 5.95. The number of hydrogen-bond donors (Lipinski definition) is 1. The Bertz CT molecular complexity index is 822. The molecule has 172 valence electrons. The van der Waals surface area contributed by atoms with E-state index in [2.05, 4.69) is 0 Å². The van der Waals surface area contributed by atoms with E-state index >= 15 is 0 Å². The van der Waals surface area contributed by atoms with Crippen molar-refractivity contribution in [2.75, 3.05) is 24.7 Å². The summed E-state index contributed by atoms with van der Waals surface area (Å²) in [6, 6.07) is 7.14. The van der Waals surface area contributed by atoms with Crippen LogP contribution in [0.15, 0.2) is 30.3 Å². The Morgan fingerprint density at radius 3 is 2.53 bits per heavy atom. The molecule has 3 rings (SSSR count). The van der Waals surface area contributed by atoms with Gasteiger partial charge in [-0.05, 0) is 32.3 Å². The van der Waals surface area contributed by atoms with Gasteiger partial charge in [0, 0.05) is 24.5 Å². The molecule has 3 atom stereocenters. The Morgan fingerprint density at radius 2 is 1.94 bits per heavy atom. The average molecular weight is 476 g/mol. The first-order valence-corrected chi connectivity index (χ1v) is 12.8. The number of carboxylic acid groups (broad SMARTS) is 1. The third-order valence-corrected chi connectivity index (χ3v) is 9.37. The zero-order valence-electron chi connectivity index (χ0n) is 18.4. The van der Waals surface area contributed by atoms with Crippen molar-refractivity contribution >= 4 is 49.4 Å². The lowest BCUT2D eigenvalue weighted by atomic mass is 9.99. The van der Waals surface area contributed by atoms with Gasteiger partial charge < -0.3 is 19.6 Å². The highest BCUT2D eigenvalue weighted by Gasteiger charge is 2.52. The predicted octanol–water partition coefficient (Wildman–Crippen LogP) is 2.19. The quantitative estimate of drug-likeness (QED) is 0.429. The lowest BCUT2D eigenvalue weighted by molar-refractivity contribution is -0.153. The number of ether oxygens (including phenoxy) is 1. The van der Waals surface area contributed by atoms with Gasteiger partial charge in [0.15, 0.2) is 7.98 Å². The number of rotatable bonds is 9. The van der Waals surface area contributed by atoms with Gasteiger partial charge in [0.1, 0.15) is 6.04 Å². The predicted molar refractivity (Wildman–Crippen MR) is 128 cm³/mol. The Hall–Kier alpha value is -1.65. The second-order valence-corrected chi connectivity index (χ2v) is 11.3. The maximum atomic E-state index is 13.4. The van der Waals surface area contributed by atoms with Crippen molar-refractivity contribution in [3.05, 3.63) is 35.9 Å². The van der Waals surface area contributed by atoms with Gasteiger partial charge >= 0.3 is 11.9 Å². The van der Waals surface area contributed by atoms with E-state index in [1.807, 2.05) is 30.3 Å². The maximum absolute atomic E-state index is 13.4. The number of likely N-dealkylation sites (tertiary alicyclic amines) is 1. The van der Waals surface area contributed by atoms with Crippen LogP contribution in [0.25, 0.3) is 0 Å². The van der Waals surface area contributed by atoms with E-state index < -0.39 is 30.1 Å². The molecule has 1 amide bonds. The van der Waals surface area contributed by atoms with Gasteiger partial charge in [-0.25, -0.2) is 4.79 Å². The minimum absolute atomic E-state index is 0.209. The van der Waals surface area contributed by atoms with Crippen molar-refractivity contribution in [3.8, 4) is 0 Å². The van der Waals surface area contributed by atoms with Crippen molar-refractivity contribution in [3.63, 3.8) is 0 Å². The molecule has 0 bridgehead atoms. The standard InChI is InChI=1S/C22H29BN2O5S2/c1-3-30-21(29)17(10-9-16-7-5-4-6-8-16)25(23)15(2)19(26)24-14-22(31-11-12-32-22)13-18(24)20(27)28/h4-8,15,17-18H,3,9-14H2,1-2H3,(H,27,28)/t15-,17-,18-/m0/s1. The van der Waals surface area contributed by atoms with Crippen LogP contribution >= 0.6 is 23.5 Å². The molecule has 2 aliphatic heterocycles. The van der Waals surface area contributed by atoms with E-state index in [-0.39, 0.29) is 16.6 Å². The summed E-state index contributed by atoms with van der Waals surface area (Å²) < 4.78 is 4.95. The highest BCUT2D eigenvalue weighted by Crippen LogP contribution is 2.51.